The van der Waals surface area contributed by atoms with Gasteiger partial charge in [-0.05, 0) is 37.0 Å². The van der Waals surface area contributed by atoms with Crippen molar-refractivity contribution in [2.24, 2.45) is 17.3 Å². The van der Waals surface area contributed by atoms with Gasteiger partial charge in [-0.25, -0.2) is 0 Å². The van der Waals surface area contributed by atoms with Crippen LogP contribution in [0.25, 0.3) is 0 Å². The SMILES string of the molecule is CC1(C)[C@H]2C[C@@H]3OS(=O)(=O)N[C@]3(C)[C@@H]1C2. The summed E-state index contributed by atoms with van der Waals surface area (Å²) in [6, 6.07) is 0. The zero-order chi connectivity index (χ0) is 11.1. The number of hydrogen-bond acceptors (Lipinski definition) is 3. The van der Waals surface area contributed by atoms with Crippen molar-refractivity contribution in [1.82, 2.24) is 4.72 Å². The van der Waals surface area contributed by atoms with Crippen molar-refractivity contribution < 1.29 is 12.6 Å². The Morgan fingerprint density at radius 2 is 1.93 bits per heavy atom. The van der Waals surface area contributed by atoms with Crippen molar-refractivity contribution in [3.8, 4) is 0 Å². The van der Waals surface area contributed by atoms with Gasteiger partial charge in [0.2, 0.25) is 0 Å². The Hall–Kier alpha value is -0.130. The van der Waals surface area contributed by atoms with Crippen LogP contribution < -0.4 is 4.72 Å². The molecule has 0 aromatic carbocycles. The average molecular weight is 231 g/mol. The van der Waals surface area contributed by atoms with E-state index in [2.05, 4.69) is 18.6 Å². The maximum atomic E-state index is 11.4. The lowest BCUT2D eigenvalue weighted by Gasteiger charge is -2.64. The maximum absolute atomic E-state index is 11.4. The van der Waals surface area contributed by atoms with E-state index in [-0.39, 0.29) is 17.1 Å². The molecule has 3 saturated carbocycles. The molecule has 0 aromatic rings. The summed E-state index contributed by atoms with van der Waals surface area (Å²) >= 11 is 0. The van der Waals surface area contributed by atoms with E-state index in [1.807, 2.05) is 6.92 Å². The standard InChI is InChI=1S/C10H17NO3S/c1-9(2)6-4-7(9)10(3)8(5-6)14-15(12,13)11-10/h6-8,11H,4-5H2,1-3H3/t6-,7-,8+,10-/m1/s1. The van der Waals surface area contributed by atoms with Gasteiger partial charge in [-0.1, -0.05) is 13.8 Å². The van der Waals surface area contributed by atoms with E-state index in [1.165, 1.54) is 0 Å². The monoisotopic (exact) mass is 231 g/mol. The van der Waals surface area contributed by atoms with Crippen LogP contribution >= 0.6 is 0 Å². The first-order valence-corrected chi connectivity index (χ1v) is 6.89. The summed E-state index contributed by atoms with van der Waals surface area (Å²) in [6.07, 6.45) is 1.84. The molecule has 1 saturated heterocycles. The van der Waals surface area contributed by atoms with Crippen molar-refractivity contribution >= 4 is 10.3 Å². The predicted molar refractivity (Wildman–Crippen MR) is 55.3 cm³/mol. The van der Waals surface area contributed by atoms with E-state index in [9.17, 15) is 8.42 Å². The Bertz CT molecular complexity index is 416. The molecule has 0 radical (unpaired) electrons. The molecule has 1 heterocycles. The molecule has 4 atom stereocenters. The molecular weight excluding hydrogens is 214 g/mol. The summed E-state index contributed by atoms with van der Waals surface area (Å²) in [4.78, 5) is 0. The average Bonchev–Trinajstić information content (AvgIpc) is 2.31. The Morgan fingerprint density at radius 3 is 2.53 bits per heavy atom. The van der Waals surface area contributed by atoms with Gasteiger partial charge in [-0.3, -0.25) is 4.18 Å². The molecule has 3 aliphatic carbocycles. The minimum atomic E-state index is -3.49. The quantitative estimate of drug-likeness (QED) is 0.678. The van der Waals surface area contributed by atoms with Crippen LogP contribution in [0.3, 0.4) is 0 Å². The molecule has 1 N–H and O–H groups in total. The summed E-state index contributed by atoms with van der Waals surface area (Å²) in [5.74, 6) is 1.03. The molecular formula is C10H17NO3S. The molecule has 4 nitrogen and oxygen atoms in total. The van der Waals surface area contributed by atoms with Crippen LogP contribution in [-0.4, -0.2) is 20.1 Å². The highest BCUT2D eigenvalue weighted by Gasteiger charge is 2.67. The third kappa shape index (κ3) is 1.06. The lowest BCUT2D eigenvalue weighted by Crippen LogP contribution is -2.68. The second-order valence-electron chi connectivity index (χ2n) is 5.97. The van der Waals surface area contributed by atoms with Crippen LogP contribution in [0.2, 0.25) is 0 Å². The molecule has 4 aliphatic rings. The van der Waals surface area contributed by atoms with Crippen molar-refractivity contribution in [2.45, 2.75) is 45.3 Å². The van der Waals surface area contributed by atoms with Crippen molar-refractivity contribution in [2.75, 3.05) is 0 Å². The highest BCUT2D eigenvalue weighted by molar-refractivity contribution is 7.85. The number of nitrogens with one attached hydrogen (secondary N) is 1. The second kappa shape index (κ2) is 2.41. The van der Waals surface area contributed by atoms with E-state index >= 15 is 0 Å². The molecule has 0 spiro atoms. The van der Waals surface area contributed by atoms with Crippen LogP contribution in [0.5, 0.6) is 0 Å². The second-order valence-corrected chi connectivity index (χ2v) is 7.27. The first-order valence-electron chi connectivity index (χ1n) is 5.48. The van der Waals surface area contributed by atoms with Gasteiger partial charge < -0.3 is 0 Å². The first-order chi connectivity index (χ1) is 6.76. The summed E-state index contributed by atoms with van der Waals surface area (Å²) in [7, 11) is -3.49. The van der Waals surface area contributed by atoms with E-state index in [0.29, 0.717) is 11.8 Å². The minimum absolute atomic E-state index is 0.153. The number of hydrogen-bond donors (Lipinski definition) is 1. The summed E-state index contributed by atoms with van der Waals surface area (Å²) in [6.45, 7) is 6.46. The predicted octanol–water partition coefficient (Wildman–Crippen LogP) is 1.04. The van der Waals surface area contributed by atoms with Gasteiger partial charge in [0, 0.05) is 0 Å². The third-order valence-electron chi connectivity index (χ3n) is 4.95. The van der Waals surface area contributed by atoms with Gasteiger partial charge in [0.25, 0.3) is 0 Å². The van der Waals surface area contributed by atoms with Crippen molar-refractivity contribution in [3.05, 3.63) is 0 Å². The van der Waals surface area contributed by atoms with E-state index in [0.717, 1.165) is 12.8 Å². The molecule has 0 aromatic heterocycles. The molecule has 5 heteroatoms. The summed E-state index contributed by atoms with van der Waals surface area (Å²) < 4.78 is 30.7. The molecule has 1 aliphatic heterocycles. The van der Waals surface area contributed by atoms with Crippen molar-refractivity contribution in [3.63, 3.8) is 0 Å². The normalized spacial score (nSPS) is 54.5. The van der Waals surface area contributed by atoms with Gasteiger partial charge in [0.1, 0.15) is 0 Å². The largest absolute Gasteiger partial charge is 0.336 e. The smallest absolute Gasteiger partial charge is 0.253 e. The fraction of sp³-hybridized carbons (Fsp3) is 1.00. The molecule has 15 heavy (non-hydrogen) atoms. The van der Waals surface area contributed by atoms with E-state index in [1.54, 1.807) is 0 Å². The van der Waals surface area contributed by atoms with Gasteiger partial charge >= 0.3 is 10.3 Å². The van der Waals surface area contributed by atoms with Gasteiger partial charge in [0.15, 0.2) is 0 Å². The lowest BCUT2D eigenvalue weighted by atomic mass is 9.43. The van der Waals surface area contributed by atoms with E-state index in [4.69, 9.17) is 4.18 Å². The molecule has 0 unspecified atom stereocenters. The number of rotatable bonds is 0. The Kier molecular flexibility index (Phi) is 1.62. The van der Waals surface area contributed by atoms with Gasteiger partial charge in [0.05, 0.1) is 11.6 Å². The molecule has 0 amide bonds. The first kappa shape index (κ1) is 10.1. The fourth-order valence-corrected chi connectivity index (χ4v) is 5.33. The summed E-state index contributed by atoms with van der Waals surface area (Å²) in [5.41, 5.74) is -0.126. The van der Waals surface area contributed by atoms with Crippen LogP contribution in [0.4, 0.5) is 0 Å². The van der Waals surface area contributed by atoms with Crippen LogP contribution in [0, 0.1) is 17.3 Å². The minimum Gasteiger partial charge on any atom is -0.253 e. The molecule has 4 rings (SSSR count). The lowest BCUT2D eigenvalue weighted by molar-refractivity contribution is -0.151. The Balaban J connectivity index is 2.03. The van der Waals surface area contributed by atoms with E-state index < -0.39 is 10.3 Å². The van der Waals surface area contributed by atoms with Crippen LogP contribution in [0.1, 0.15) is 33.6 Å². The maximum Gasteiger partial charge on any atom is 0.336 e. The Labute approximate surface area is 90.6 Å². The fourth-order valence-electron chi connectivity index (χ4n) is 3.88. The topological polar surface area (TPSA) is 55.4 Å². The highest BCUT2D eigenvalue weighted by atomic mass is 32.2. The van der Waals surface area contributed by atoms with Crippen LogP contribution in [-0.2, 0) is 14.5 Å². The Morgan fingerprint density at radius 1 is 1.27 bits per heavy atom. The van der Waals surface area contributed by atoms with Gasteiger partial charge in [-0.2, -0.15) is 13.1 Å². The third-order valence-corrected chi connectivity index (χ3v) is 6.13. The van der Waals surface area contributed by atoms with Crippen LogP contribution in [0.15, 0.2) is 0 Å². The zero-order valence-electron chi connectivity index (χ0n) is 9.28. The van der Waals surface area contributed by atoms with Gasteiger partial charge in [-0.15, -0.1) is 0 Å². The zero-order valence-corrected chi connectivity index (χ0v) is 10.1. The summed E-state index contributed by atoms with van der Waals surface area (Å²) in [5, 5.41) is 0. The molecule has 4 fully saturated rings. The molecule has 2 bridgehead atoms. The highest BCUT2D eigenvalue weighted by Crippen LogP contribution is 2.64. The van der Waals surface area contributed by atoms with Crippen molar-refractivity contribution in [1.29, 1.82) is 0 Å². The molecule has 86 valence electrons.